The molecule has 1 atom stereocenters. The fourth-order valence-electron chi connectivity index (χ4n) is 2.02. The number of rotatable bonds is 6. The van der Waals surface area contributed by atoms with Crippen molar-refractivity contribution in [2.75, 3.05) is 6.54 Å². The number of pyridine rings is 2. The Bertz CT molecular complexity index is 545. The van der Waals surface area contributed by atoms with Gasteiger partial charge in [0.2, 0.25) is 0 Å². The second-order valence-corrected chi connectivity index (χ2v) is 5.49. The molecule has 0 aliphatic rings. The Morgan fingerprint density at radius 2 is 2.15 bits per heavy atom. The van der Waals surface area contributed by atoms with Gasteiger partial charge < -0.3 is 5.32 Å². The van der Waals surface area contributed by atoms with Crippen LogP contribution in [-0.4, -0.2) is 16.5 Å². The summed E-state index contributed by atoms with van der Waals surface area (Å²) in [6, 6.07) is 5.53. The van der Waals surface area contributed by atoms with E-state index in [1.165, 1.54) is 6.20 Å². The van der Waals surface area contributed by atoms with Crippen LogP contribution in [0.4, 0.5) is 4.39 Å². The summed E-state index contributed by atoms with van der Waals surface area (Å²) in [5.74, 6) is -0.279. The minimum atomic E-state index is -0.279. The van der Waals surface area contributed by atoms with Crippen molar-refractivity contribution >= 4 is 15.9 Å². The van der Waals surface area contributed by atoms with E-state index in [2.05, 4.69) is 38.1 Å². The Labute approximate surface area is 126 Å². The van der Waals surface area contributed by atoms with E-state index < -0.39 is 0 Å². The van der Waals surface area contributed by atoms with Crippen LogP contribution in [0, 0.1) is 5.82 Å². The first kappa shape index (κ1) is 15.1. The highest BCUT2D eigenvalue weighted by atomic mass is 79.9. The Hall–Kier alpha value is -1.33. The minimum absolute atomic E-state index is 0.0911. The van der Waals surface area contributed by atoms with Crippen molar-refractivity contribution in [3.63, 3.8) is 0 Å². The van der Waals surface area contributed by atoms with E-state index in [0.717, 1.165) is 23.1 Å². The highest BCUT2D eigenvalue weighted by Crippen LogP contribution is 2.20. The van der Waals surface area contributed by atoms with Crippen LogP contribution in [0.25, 0.3) is 0 Å². The Kier molecular flexibility index (Phi) is 5.61. The molecule has 2 aromatic rings. The van der Waals surface area contributed by atoms with E-state index in [4.69, 9.17) is 0 Å². The maximum atomic E-state index is 13.9. The Morgan fingerprint density at radius 1 is 1.30 bits per heavy atom. The molecule has 0 amide bonds. The highest BCUT2D eigenvalue weighted by molar-refractivity contribution is 9.10. The molecule has 2 rings (SSSR count). The first-order chi connectivity index (χ1) is 9.70. The third-order valence-corrected chi connectivity index (χ3v) is 3.49. The fourth-order valence-corrected chi connectivity index (χ4v) is 2.25. The molecule has 0 aromatic carbocycles. The average Bonchev–Trinajstić information content (AvgIpc) is 2.46. The largest absolute Gasteiger partial charge is 0.310 e. The van der Waals surface area contributed by atoms with Crippen molar-refractivity contribution in [3.05, 3.63) is 58.3 Å². The zero-order valence-corrected chi connectivity index (χ0v) is 12.9. The second-order valence-electron chi connectivity index (χ2n) is 4.58. The van der Waals surface area contributed by atoms with Gasteiger partial charge in [0.25, 0.3) is 0 Å². The zero-order valence-electron chi connectivity index (χ0n) is 11.3. The molecular weight excluding hydrogens is 321 g/mol. The molecule has 0 radical (unpaired) electrons. The van der Waals surface area contributed by atoms with E-state index in [0.29, 0.717) is 12.0 Å². The van der Waals surface area contributed by atoms with Gasteiger partial charge in [0.05, 0.1) is 6.20 Å². The number of aromatic nitrogens is 2. The van der Waals surface area contributed by atoms with Crippen LogP contribution in [-0.2, 0) is 6.42 Å². The molecule has 3 nitrogen and oxygen atoms in total. The predicted molar refractivity (Wildman–Crippen MR) is 80.9 cm³/mol. The number of hydrogen-bond donors (Lipinski definition) is 1. The predicted octanol–water partition coefficient (Wildman–Crippen LogP) is 3.66. The average molecular weight is 338 g/mol. The Balaban J connectivity index is 2.19. The van der Waals surface area contributed by atoms with Crippen LogP contribution in [0.3, 0.4) is 0 Å². The molecular formula is C15H17BrFN3. The van der Waals surface area contributed by atoms with E-state index >= 15 is 0 Å². The Morgan fingerprint density at radius 3 is 2.80 bits per heavy atom. The number of halogens is 2. The molecule has 2 heterocycles. The number of nitrogens with one attached hydrogen (secondary N) is 1. The van der Waals surface area contributed by atoms with Crippen molar-refractivity contribution in [1.29, 1.82) is 0 Å². The summed E-state index contributed by atoms with van der Waals surface area (Å²) in [6.07, 6.45) is 6.28. The van der Waals surface area contributed by atoms with Gasteiger partial charge in [-0.3, -0.25) is 9.97 Å². The smallest absolute Gasteiger partial charge is 0.146 e. The minimum Gasteiger partial charge on any atom is -0.310 e. The molecule has 0 fully saturated rings. The SMILES string of the molecule is CCCNC(Cc1ccc(Br)cn1)c1ccncc1F. The molecule has 106 valence electrons. The fraction of sp³-hybridized carbons (Fsp3) is 0.333. The normalized spacial score (nSPS) is 12.3. The summed E-state index contributed by atoms with van der Waals surface area (Å²) < 4.78 is 14.8. The van der Waals surface area contributed by atoms with Crippen LogP contribution in [0.1, 0.15) is 30.6 Å². The molecule has 1 N–H and O–H groups in total. The third kappa shape index (κ3) is 4.08. The van der Waals surface area contributed by atoms with Gasteiger partial charge in [-0.25, -0.2) is 4.39 Å². The van der Waals surface area contributed by atoms with Gasteiger partial charge in [0, 0.05) is 40.6 Å². The van der Waals surface area contributed by atoms with Gasteiger partial charge in [-0.1, -0.05) is 6.92 Å². The van der Waals surface area contributed by atoms with Crippen molar-refractivity contribution < 1.29 is 4.39 Å². The van der Waals surface area contributed by atoms with E-state index in [9.17, 15) is 4.39 Å². The molecule has 2 aromatic heterocycles. The van der Waals surface area contributed by atoms with Crippen molar-refractivity contribution in [3.8, 4) is 0 Å². The maximum absolute atomic E-state index is 13.9. The van der Waals surface area contributed by atoms with Crippen LogP contribution >= 0.6 is 15.9 Å². The summed E-state index contributed by atoms with van der Waals surface area (Å²) in [7, 11) is 0. The number of nitrogens with zero attached hydrogens (tertiary/aromatic N) is 2. The lowest BCUT2D eigenvalue weighted by atomic mass is 10.0. The highest BCUT2D eigenvalue weighted by Gasteiger charge is 2.16. The summed E-state index contributed by atoms with van der Waals surface area (Å²) in [4.78, 5) is 8.16. The molecule has 0 bridgehead atoms. The topological polar surface area (TPSA) is 37.8 Å². The standard InChI is InChI=1S/C15H17BrFN3/c1-2-6-19-15(13-5-7-18-10-14(13)17)8-12-4-3-11(16)9-20-12/h3-5,7,9-10,15,19H,2,6,8H2,1H3. The summed E-state index contributed by atoms with van der Waals surface area (Å²) >= 11 is 3.36. The third-order valence-electron chi connectivity index (χ3n) is 3.02. The molecule has 5 heteroatoms. The number of hydrogen-bond acceptors (Lipinski definition) is 3. The lowest BCUT2D eigenvalue weighted by Crippen LogP contribution is -2.25. The second kappa shape index (κ2) is 7.45. The van der Waals surface area contributed by atoms with Crippen LogP contribution < -0.4 is 5.32 Å². The van der Waals surface area contributed by atoms with Crippen LogP contribution in [0.15, 0.2) is 41.3 Å². The van der Waals surface area contributed by atoms with Gasteiger partial charge in [-0.05, 0) is 47.1 Å². The van der Waals surface area contributed by atoms with Crippen LogP contribution in [0.5, 0.6) is 0 Å². The van der Waals surface area contributed by atoms with Gasteiger partial charge >= 0.3 is 0 Å². The maximum Gasteiger partial charge on any atom is 0.146 e. The lowest BCUT2D eigenvalue weighted by molar-refractivity contribution is 0.491. The van der Waals surface area contributed by atoms with Crippen molar-refractivity contribution in [2.24, 2.45) is 0 Å². The van der Waals surface area contributed by atoms with Crippen LogP contribution in [0.2, 0.25) is 0 Å². The molecule has 0 aliphatic heterocycles. The van der Waals surface area contributed by atoms with E-state index in [1.54, 1.807) is 18.5 Å². The first-order valence-corrected chi connectivity index (χ1v) is 7.43. The quantitative estimate of drug-likeness (QED) is 0.873. The van der Waals surface area contributed by atoms with Gasteiger partial charge in [-0.15, -0.1) is 0 Å². The molecule has 0 spiro atoms. The van der Waals surface area contributed by atoms with E-state index in [-0.39, 0.29) is 11.9 Å². The zero-order chi connectivity index (χ0) is 14.4. The van der Waals surface area contributed by atoms with Gasteiger partial charge in [0.15, 0.2) is 0 Å². The molecule has 20 heavy (non-hydrogen) atoms. The summed E-state index contributed by atoms with van der Waals surface area (Å²) in [5, 5.41) is 3.37. The molecule has 0 saturated carbocycles. The van der Waals surface area contributed by atoms with Gasteiger partial charge in [-0.2, -0.15) is 0 Å². The van der Waals surface area contributed by atoms with Gasteiger partial charge in [0.1, 0.15) is 5.82 Å². The van der Waals surface area contributed by atoms with Crippen molar-refractivity contribution in [1.82, 2.24) is 15.3 Å². The summed E-state index contributed by atoms with van der Waals surface area (Å²) in [6.45, 7) is 2.92. The van der Waals surface area contributed by atoms with Crippen molar-refractivity contribution in [2.45, 2.75) is 25.8 Å². The molecule has 0 aliphatic carbocycles. The molecule has 0 saturated heterocycles. The summed E-state index contributed by atoms with van der Waals surface area (Å²) in [5.41, 5.74) is 1.57. The van der Waals surface area contributed by atoms with E-state index in [1.807, 2.05) is 12.1 Å². The first-order valence-electron chi connectivity index (χ1n) is 6.64. The lowest BCUT2D eigenvalue weighted by Gasteiger charge is -2.19. The molecule has 1 unspecified atom stereocenters. The monoisotopic (exact) mass is 337 g/mol.